The zero-order chi connectivity index (χ0) is 19.8. The fraction of sp³-hybridized carbons (Fsp3) is 0.318. The third kappa shape index (κ3) is 3.76. The average Bonchev–Trinajstić information content (AvgIpc) is 3.24. The van der Waals surface area contributed by atoms with Crippen LogP contribution in [0, 0.1) is 11.8 Å². The van der Waals surface area contributed by atoms with E-state index in [1.54, 1.807) is 42.5 Å². The van der Waals surface area contributed by atoms with E-state index in [1.165, 1.54) is 0 Å². The van der Waals surface area contributed by atoms with Crippen LogP contribution >= 0.6 is 0 Å². The van der Waals surface area contributed by atoms with Crippen molar-refractivity contribution in [3.05, 3.63) is 53.9 Å². The minimum Gasteiger partial charge on any atom is -0.440 e. The van der Waals surface area contributed by atoms with Crippen molar-refractivity contribution in [1.29, 1.82) is 0 Å². The number of carbonyl (C=O) groups excluding carboxylic acids is 2. The number of oxazole rings is 1. The van der Waals surface area contributed by atoms with Gasteiger partial charge in [0.15, 0.2) is 11.5 Å². The second-order valence-electron chi connectivity index (χ2n) is 7.73. The van der Waals surface area contributed by atoms with Crippen molar-refractivity contribution in [2.24, 2.45) is 11.8 Å². The molecule has 1 fully saturated rings. The molecule has 28 heavy (non-hydrogen) atoms. The lowest BCUT2D eigenvalue weighted by Crippen LogP contribution is -2.15. The molecule has 1 aromatic heterocycles. The van der Waals surface area contributed by atoms with Crippen LogP contribution in [0.5, 0.6) is 0 Å². The van der Waals surface area contributed by atoms with Crippen LogP contribution in [0.15, 0.2) is 46.9 Å². The predicted molar refractivity (Wildman–Crippen MR) is 108 cm³/mol. The summed E-state index contributed by atoms with van der Waals surface area (Å²) in [6, 6.07) is 12.3. The quantitative estimate of drug-likeness (QED) is 0.669. The fourth-order valence-electron chi connectivity index (χ4n) is 3.10. The molecule has 1 aliphatic rings. The number of aromatic nitrogens is 1. The van der Waals surface area contributed by atoms with Gasteiger partial charge in [0.1, 0.15) is 5.52 Å². The Bertz CT molecular complexity index is 1040. The molecule has 144 valence electrons. The van der Waals surface area contributed by atoms with Crippen LogP contribution in [0.1, 0.15) is 49.4 Å². The third-order valence-electron chi connectivity index (χ3n) is 5.02. The van der Waals surface area contributed by atoms with Gasteiger partial charge in [-0.2, -0.15) is 0 Å². The first-order valence-electron chi connectivity index (χ1n) is 9.53. The van der Waals surface area contributed by atoms with E-state index in [-0.39, 0.29) is 23.7 Å². The maximum Gasteiger partial charge on any atom is 0.255 e. The lowest BCUT2D eigenvalue weighted by Gasteiger charge is -2.07. The van der Waals surface area contributed by atoms with E-state index in [0.717, 1.165) is 6.42 Å². The number of hydrogen-bond acceptors (Lipinski definition) is 4. The number of carbonyl (C=O) groups is 2. The van der Waals surface area contributed by atoms with E-state index in [0.29, 0.717) is 39.8 Å². The molecule has 3 aromatic rings. The van der Waals surface area contributed by atoms with Crippen LogP contribution in [0.4, 0.5) is 11.4 Å². The van der Waals surface area contributed by atoms with Gasteiger partial charge in [0.2, 0.25) is 5.91 Å². The topological polar surface area (TPSA) is 84.2 Å². The molecule has 0 bridgehead atoms. The van der Waals surface area contributed by atoms with E-state index in [2.05, 4.69) is 22.5 Å². The standard InChI is InChI=1S/C22H23N3O3/c1-12(2)22-25-18-11-16(8-9-19(18)28-22)24-20(26)14-4-6-15(7-5-14)23-21(27)17-10-13(17)3/h4-9,11-13,17H,10H2,1-3H3,(H,23,27)(H,24,26). The molecule has 0 spiro atoms. The van der Waals surface area contributed by atoms with E-state index in [9.17, 15) is 9.59 Å². The van der Waals surface area contributed by atoms with Gasteiger partial charge in [-0.1, -0.05) is 20.8 Å². The molecular weight excluding hydrogens is 354 g/mol. The SMILES string of the molecule is CC(C)c1nc2cc(NC(=O)c3ccc(NC(=O)C4CC4C)cc3)ccc2o1. The highest BCUT2D eigenvalue weighted by Crippen LogP contribution is 2.38. The van der Waals surface area contributed by atoms with E-state index in [4.69, 9.17) is 4.42 Å². The molecule has 2 unspecified atom stereocenters. The number of rotatable bonds is 5. The molecule has 2 atom stereocenters. The zero-order valence-electron chi connectivity index (χ0n) is 16.2. The number of anilines is 2. The van der Waals surface area contributed by atoms with Gasteiger partial charge in [0.05, 0.1) is 0 Å². The van der Waals surface area contributed by atoms with Crippen molar-refractivity contribution in [3.63, 3.8) is 0 Å². The van der Waals surface area contributed by atoms with E-state index < -0.39 is 0 Å². The molecule has 1 saturated carbocycles. The summed E-state index contributed by atoms with van der Waals surface area (Å²) in [5, 5.41) is 5.77. The van der Waals surface area contributed by atoms with Crippen molar-refractivity contribution in [2.45, 2.75) is 33.1 Å². The molecule has 1 heterocycles. The molecule has 6 heteroatoms. The van der Waals surface area contributed by atoms with Crippen LogP contribution in [0.3, 0.4) is 0 Å². The highest BCUT2D eigenvalue weighted by Gasteiger charge is 2.39. The van der Waals surface area contributed by atoms with Crippen LogP contribution in [-0.4, -0.2) is 16.8 Å². The Morgan fingerprint density at radius 1 is 1.07 bits per heavy atom. The number of benzene rings is 2. The maximum absolute atomic E-state index is 12.5. The van der Waals surface area contributed by atoms with Gasteiger partial charge in [-0.15, -0.1) is 0 Å². The molecular formula is C22H23N3O3. The zero-order valence-corrected chi connectivity index (χ0v) is 16.2. The monoisotopic (exact) mass is 377 g/mol. The van der Waals surface area contributed by atoms with Gasteiger partial charge in [-0.25, -0.2) is 4.98 Å². The summed E-state index contributed by atoms with van der Waals surface area (Å²) in [7, 11) is 0. The first-order valence-corrected chi connectivity index (χ1v) is 9.53. The lowest BCUT2D eigenvalue weighted by atomic mass is 10.1. The minimum atomic E-state index is -0.222. The molecule has 0 radical (unpaired) electrons. The van der Waals surface area contributed by atoms with Crippen LogP contribution in [0.25, 0.3) is 11.1 Å². The smallest absolute Gasteiger partial charge is 0.255 e. The highest BCUT2D eigenvalue weighted by molar-refractivity contribution is 6.05. The van der Waals surface area contributed by atoms with E-state index in [1.807, 2.05) is 13.8 Å². The van der Waals surface area contributed by atoms with Crippen LogP contribution in [-0.2, 0) is 4.79 Å². The molecule has 6 nitrogen and oxygen atoms in total. The summed E-state index contributed by atoms with van der Waals surface area (Å²) in [5.74, 6) is 1.28. The number of nitrogens with one attached hydrogen (secondary N) is 2. The number of fused-ring (bicyclic) bond motifs is 1. The molecule has 2 amide bonds. The first-order chi connectivity index (χ1) is 13.4. The number of nitrogens with zero attached hydrogens (tertiary/aromatic N) is 1. The summed E-state index contributed by atoms with van der Waals surface area (Å²) in [6.45, 7) is 6.10. The van der Waals surface area contributed by atoms with Gasteiger partial charge >= 0.3 is 0 Å². The van der Waals surface area contributed by atoms with Crippen LogP contribution in [0.2, 0.25) is 0 Å². The van der Waals surface area contributed by atoms with Gasteiger partial charge in [0.25, 0.3) is 5.91 Å². The fourth-order valence-corrected chi connectivity index (χ4v) is 3.10. The molecule has 0 aliphatic heterocycles. The molecule has 0 saturated heterocycles. The van der Waals surface area contributed by atoms with Crippen molar-refractivity contribution in [2.75, 3.05) is 10.6 Å². The summed E-state index contributed by atoms with van der Waals surface area (Å²) in [5.41, 5.74) is 3.29. The Hall–Kier alpha value is -3.15. The van der Waals surface area contributed by atoms with Gasteiger partial charge in [-0.05, 0) is 54.8 Å². The number of hydrogen-bond donors (Lipinski definition) is 2. The molecule has 1 aliphatic carbocycles. The van der Waals surface area contributed by atoms with Gasteiger partial charge in [0, 0.05) is 28.8 Å². The summed E-state index contributed by atoms with van der Waals surface area (Å²) in [4.78, 5) is 29.0. The Kier molecular flexibility index (Phi) is 4.63. The Labute approximate surface area is 163 Å². The van der Waals surface area contributed by atoms with Crippen molar-refractivity contribution < 1.29 is 14.0 Å². The van der Waals surface area contributed by atoms with E-state index >= 15 is 0 Å². The van der Waals surface area contributed by atoms with Gasteiger partial charge < -0.3 is 15.1 Å². The molecule has 4 rings (SSSR count). The summed E-state index contributed by atoms with van der Waals surface area (Å²) >= 11 is 0. The Morgan fingerprint density at radius 3 is 2.39 bits per heavy atom. The number of amides is 2. The lowest BCUT2D eigenvalue weighted by molar-refractivity contribution is -0.117. The maximum atomic E-state index is 12.5. The first kappa shape index (κ1) is 18.2. The van der Waals surface area contributed by atoms with Crippen molar-refractivity contribution in [1.82, 2.24) is 4.98 Å². The molecule has 2 N–H and O–H groups in total. The van der Waals surface area contributed by atoms with Crippen molar-refractivity contribution >= 4 is 34.3 Å². The summed E-state index contributed by atoms with van der Waals surface area (Å²) < 4.78 is 5.69. The second-order valence-corrected chi connectivity index (χ2v) is 7.73. The third-order valence-corrected chi connectivity index (χ3v) is 5.02. The Morgan fingerprint density at radius 2 is 1.75 bits per heavy atom. The minimum absolute atomic E-state index is 0.0476. The molecule has 2 aromatic carbocycles. The average molecular weight is 377 g/mol. The predicted octanol–water partition coefficient (Wildman–Crippen LogP) is 4.80. The normalized spacial score (nSPS) is 18.3. The Balaban J connectivity index is 1.43. The van der Waals surface area contributed by atoms with Gasteiger partial charge in [-0.3, -0.25) is 9.59 Å². The highest BCUT2D eigenvalue weighted by atomic mass is 16.3. The second kappa shape index (κ2) is 7.11. The largest absolute Gasteiger partial charge is 0.440 e. The van der Waals surface area contributed by atoms with Crippen LogP contribution < -0.4 is 10.6 Å². The van der Waals surface area contributed by atoms with Crippen molar-refractivity contribution in [3.8, 4) is 0 Å². The summed E-state index contributed by atoms with van der Waals surface area (Å²) in [6.07, 6.45) is 0.945.